The van der Waals surface area contributed by atoms with Crippen molar-refractivity contribution in [1.82, 2.24) is 19.7 Å². The Morgan fingerprint density at radius 1 is 0.971 bits per heavy atom. The van der Waals surface area contributed by atoms with Crippen LogP contribution in [0.2, 0.25) is 0 Å². The van der Waals surface area contributed by atoms with Crippen molar-refractivity contribution in [2.75, 3.05) is 7.11 Å². The Hall–Kier alpha value is -4.39. The Morgan fingerprint density at radius 3 is 2.49 bits per heavy atom. The third-order valence-corrected chi connectivity index (χ3v) is 6.31. The van der Waals surface area contributed by atoms with Crippen LogP contribution < -0.4 is 15.6 Å². The number of methoxy groups -OCH3 is 1. The number of fused-ring (bicyclic) bond motifs is 3. The van der Waals surface area contributed by atoms with Crippen LogP contribution in [0.25, 0.3) is 21.8 Å². The van der Waals surface area contributed by atoms with Crippen molar-refractivity contribution in [1.29, 1.82) is 0 Å². The molecule has 0 aliphatic rings. The van der Waals surface area contributed by atoms with E-state index in [9.17, 15) is 9.59 Å². The van der Waals surface area contributed by atoms with E-state index in [4.69, 9.17) is 4.74 Å². The average Bonchev–Trinajstić information content (AvgIpc) is 3.20. The maximum absolute atomic E-state index is 13.6. The molecular weight excluding hydrogens is 440 g/mol. The van der Waals surface area contributed by atoms with E-state index >= 15 is 0 Å². The lowest BCUT2D eigenvalue weighted by Gasteiger charge is -2.11. The third kappa shape index (κ3) is 4.40. The number of carbonyl (C=O) groups is 1. The minimum absolute atomic E-state index is 0.156. The van der Waals surface area contributed by atoms with E-state index in [2.05, 4.69) is 29.5 Å². The van der Waals surface area contributed by atoms with Gasteiger partial charge in [-0.05, 0) is 41.8 Å². The number of amides is 1. The molecule has 1 amide bonds. The highest BCUT2D eigenvalue weighted by atomic mass is 16.5. The second-order valence-electron chi connectivity index (χ2n) is 8.52. The zero-order valence-electron chi connectivity index (χ0n) is 19.7. The van der Waals surface area contributed by atoms with Crippen molar-refractivity contribution in [2.24, 2.45) is 0 Å². The number of ether oxygens (including phenoxy) is 1. The molecule has 7 nitrogen and oxygen atoms in total. The van der Waals surface area contributed by atoms with E-state index in [-0.39, 0.29) is 18.0 Å². The number of nitrogens with zero attached hydrogens (tertiary/aromatic N) is 3. The van der Waals surface area contributed by atoms with E-state index < -0.39 is 0 Å². The zero-order chi connectivity index (χ0) is 24.4. The van der Waals surface area contributed by atoms with Gasteiger partial charge < -0.3 is 14.6 Å². The molecule has 0 atom stereocenters. The molecule has 2 aromatic heterocycles. The molecule has 7 heteroatoms. The molecular formula is C28H26N4O3. The van der Waals surface area contributed by atoms with Crippen molar-refractivity contribution in [3.8, 4) is 5.75 Å². The number of hydrogen-bond donors (Lipinski definition) is 1. The second kappa shape index (κ2) is 9.46. The van der Waals surface area contributed by atoms with Gasteiger partial charge in [0.25, 0.3) is 5.56 Å². The Kier molecular flexibility index (Phi) is 6.06. The minimum Gasteiger partial charge on any atom is -0.497 e. The van der Waals surface area contributed by atoms with E-state index in [0.29, 0.717) is 18.6 Å². The highest BCUT2D eigenvalue weighted by Crippen LogP contribution is 2.27. The van der Waals surface area contributed by atoms with Crippen LogP contribution in [0.5, 0.6) is 5.75 Å². The lowest BCUT2D eigenvalue weighted by Crippen LogP contribution is -2.33. The van der Waals surface area contributed by atoms with Crippen molar-refractivity contribution in [3.05, 3.63) is 106 Å². The molecule has 35 heavy (non-hydrogen) atoms. The zero-order valence-corrected chi connectivity index (χ0v) is 19.7. The van der Waals surface area contributed by atoms with Gasteiger partial charge in [0.05, 0.1) is 13.3 Å². The summed E-state index contributed by atoms with van der Waals surface area (Å²) < 4.78 is 8.43. The van der Waals surface area contributed by atoms with Gasteiger partial charge in [-0.25, -0.2) is 4.68 Å². The van der Waals surface area contributed by atoms with Gasteiger partial charge in [0.15, 0.2) is 0 Å². The Bertz CT molecular complexity index is 1580. The smallest absolute Gasteiger partial charge is 0.291 e. The normalized spacial score (nSPS) is 11.1. The quantitative estimate of drug-likeness (QED) is 0.393. The molecule has 0 aliphatic carbocycles. The lowest BCUT2D eigenvalue weighted by molar-refractivity contribution is -0.122. The number of para-hydroxylation sites is 1. The van der Waals surface area contributed by atoms with Gasteiger partial charge in [0.1, 0.15) is 17.8 Å². The number of nitrogens with one attached hydrogen (secondary N) is 1. The van der Waals surface area contributed by atoms with Crippen LogP contribution in [0, 0.1) is 6.92 Å². The molecule has 0 saturated heterocycles. The van der Waals surface area contributed by atoms with Gasteiger partial charge >= 0.3 is 0 Å². The molecule has 0 saturated carbocycles. The van der Waals surface area contributed by atoms with E-state index in [1.807, 2.05) is 65.2 Å². The largest absolute Gasteiger partial charge is 0.497 e. The summed E-state index contributed by atoms with van der Waals surface area (Å²) in [7, 11) is 1.61. The molecule has 176 valence electrons. The topological polar surface area (TPSA) is 78.2 Å². The van der Waals surface area contributed by atoms with Gasteiger partial charge in [-0.3, -0.25) is 9.59 Å². The van der Waals surface area contributed by atoms with Gasteiger partial charge in [0, 0.05) is 29.4 Å². The fourth-order valence-corrected chi connectivity index (χ4v) is 4.36. The van der Waals surface area contributed by atoms with Crippen LogP contribution >= 0.6 is 0 Å². The van der Waals surface area contributed by atoms with Crippen LogP contribution in [0.4, 0.5) is 0 Å². The first kappa shape index (κ1) is 22.4. The fourth-order valence-electron chi connectivity index (χ4n) is 4.36. The number of aryl methyl sites for hydroxylation is 1. The van der Waals surface area contributed by atoms with Crippen LogP contribution in [0.15, 0.2) is 83.8 Å². The molecule has 5 rings (SSSR count). The van der Waals surface area contributed by atoms with E-state index in [1.165, 1.54) is 4.68 Å². The Balaban J connectivity index is 1.46. The van der Waals surface area contributed by atoms with Crippen LogP contribution in [0.3, 0.4) is 0 Å². The molecule has 0 radical (unpaired) electrons. The first-order chi connectivity index (χ1) is 17.0. The van der Waals surface area contributed by atoms with Gasteiger partial charge in [-0.1, -0.05) is 54.6 Å². The van der Waals surface area contributed by atoms with Gasteiger partial charge in [0.2, 0.25) is 5.91 Å². The summed E-state index contributed by atoms with van der Waals surface area (Å²) >= 11 is 0. The maximum Gasteiger partial charge on any atom is 0.291 e. The highest BCUT2D eigenvalue weighted by Gasteiger charge is 2.17. The number of benzene rings is 3. The monoisotopic (exact) mass is 466 g/mol. The van der Waals surface area contributed by atoms with E-state index in [0.717, 1.165) is 38.7 Å². The van der Waals surface area contributed by atoms with Crippen molar-refractivity contribution < 1.29 is 9.53 Å². The molecule has 5 aromatic rings. The molecule has 0 unspecified atom stereocenters. The van der Waals surface area contributed by atoms with Crippen LogP contribution in [0.1, 0.15) is 16.7 Å². The Labute approximate surface area is 202 Å². The summed E-state index contributed by atoms with van der Waals surface area (Å²) in [5.41, 5.74) is 4.46. The SMILES string of the molecule is COc1ccc(CNC(=O)Cn2ncc3c4ccccc4n(Cc4ccccc4C)c3c2=O)cc1. The number of carbonyl (C=O) groups excluding carboxylic acids is 1. The first-order valence-electron chi connectivity index (χ1n) is 11.5. The third-order valence-electron chi connectivity index (χ3n) is 6.31. The summed E-state index contributed by atoms with van der Waals surface area (Å²) in [5, 5.41) is 8.94. The van der Waals surface area contributed by atoms with Gasteiger partial charge in [-0.15, -0.1) is 0 Å². The molecule has 0 bridgehead atoms. The van der Waals surface area contributed by atoms with Crippen molar-refractivity contribution in [2.45, 2.75) is 26.6 Å². The average molecular weight is 467 g/mol. The molecule has 2 heterocycles. The highest BCUT2D eigenvalue weighted by molar-refractivity contribution is 6.07. The van der Waals surface area contributed by atoms with E-state index in [1.54, 1.807) is 13.3 Å². The number of aromatic nitrogens is 3. The fraction of sp³-hybridized carbons (Fsp3) is 0.179. The maximum atomic E-state index is 13.6. The molecule has 1 N–H and O–H groups in total. The Morgan fingerprint density at radius 2 is 1.71 bits per heavy atom. The minimum atomic E-state index is -0.285. The predicted molar refractivity (Wildman–Crippen MR) is 137 cm³/mol. The standard InChI is InChI=1S/C28H26N4O3/c1-19-7-3-4-8-21(19)17-31-25-10-6-5-9-23(25)24-16-30-32(28(34)27(24)31)18-26(33)29-15-20-11-13-22(35-2)14-12-20/h3-14,16H,15,17-18H2,1-2H3,(H,29,33). The molecule has 0 spiro atoms. The molecule has 0 aliphatic heterocycles. The first-order valence-corrected chi connectivity index (χ1v) is 11.5. The number of hydrogen-bond acceptors (Lipinski definition) is 4. The molecule has 3 aromatic carbocycles. The second-order valence-corrected chi connectivity index (χ2v) is 8.52. The van der Waals surface area contributed by atoms with Crippen LogP contribution in [-0.4, -0.2) is 27.4 Å². The number of rotatable bonds is 7. The summed E-state index contributed by atoms with van der Waals surface area (Å²) in [6.45, 7) is 2.82. The summed E-state index contributed by atoms with van der Waals surface area (Å²) in [5.74, 6) is 0.474. The lowest BCUT2D eigenvalue weighted by atomic mass is 10.1. The summed E-state index contributed by atoms with van der Waals surface area (Å²) in [6, 6.07) is 23.5. The van der Waals surface area contributed by atoms with Crippen molar-refractivity contribution in [3.63, 3.8) is 0 Å². The summed E-state index contributed by atoms with van der Waals surface area (Å²) in [4.78, 5) is 26.2. The summed E-state index contributed by atoms with van der Waals surface area (Å²) in [6.07, 6.45) is 1.68. The van der Waals surface area contributed by atoms with Crippen molar-refractivity contribution >= 4 is 27.7 Å². The van der Waals surface area contributed by atoms with Gasteiger partial charge in [-0.2, -0.15) is 5.10 Å². The predicted octanol–water partition coefficient (Wildman–Crippen LogP) is 4.03. The van der Waals surface area contributed by atoms with Crippen LogP contribution in [-0.2, 0) is 24.4 Å². The molecule has 0 fully saturated rings.